The average molecular weight is 210 g/mol. The Morgan fingerprint density at radius 2 is 1.27 bits per heavy atom. The van der Waals surface area contributed by atoms with E-state index in [1.807, 2.05) is 18.2 Å². The fraction of sp³-hybridized carbons (Fsp3) is 0.615. The van der Waals surface area contributed by atoms with Crippen molar-refractivity contribution < 1.29 is 0 Å². The van der Waals surface area contributed by atoms with Gasteiger partial charge in [-0.15, -0.1) is 0 Å². The van der Waals surface area contributed by atoms with Crippen molar-refractivity contribution in [3.8, 4) is 0 Å². The molecule has 1 heterocycles. The zero-order valence-electron chi connectivity index (χ0n) is 9.94. The van der Waals surface area contributed by atoms with Crippen LogP contribution in [0.4, 0.5) is 0 Å². The molecule has 0 aliphatic rings. The van der Waals surface area contributed by atoms with E-state index in [4.69, 9.17) is 0 Å². The molecule has 15 heavy (non-hydrogen) atoms. The standard InChI is InChI=1S/C7H17N.C5H5N.CH4/c1-6(2)8(5)7(3)4;1-2-4-6-5-3-1;/h6-7H,1-5H3;1-5H;1H4. The molecular formula is C13H26N2. The Hall–Kier alpha value is -0.890. The maximum absolute atomic E-state index is 3.78. The molecule has 0 bridgehead atoms. The fourth-order valence-electron chi connectivity index (χ4n) is 0.909. The molecule has 0 atom stereocenters. The highest BCUT2D eigenvalue weighted by Crippen LogP contribution is 1.98. The van der Waals surface area contributed by atoms with E-state index in [0.717, 1.165) is 0 Å². The summed E-state index contributed by atoms with van der Waals surface area (Å²) >= 11 is 0. The first-order valence-corrected chi connectivity index (χ1v) is 5.12. The first-order chi connectivity index (χ1) is 6.55. The van der Waals surface area contributed by atoms with Crippen LogP contribution in [-0.4, -0.2) is 29.0 Å². The van der Waals surface area contributed by atoms with Gasteiger partial charge in [0.15, 0.2) is 0 Å². The van der Waals surface area contributed by atoms with E-state index >= 15 is 0 Å². The second kappa shape index (κ2) is 9.66. The van der Waals surface area contributed by atoms with Crippen molar-refractivity contribution >= 4 is 0 Å². The third kappa shape index (κ3) is 9.42. The highest BCUT2D eigenvalue weighted by Gasteiger charge is 2.04. The molecule has 1 aromatic heterocycles. The minimum Gasteiger partial charge on any atom is -0.302 e. The highest BCUT2D eigenvalue weighted by atomic mass is 15.1. The van der Waals surface area contributed by atoms with Crippen molar-refractivity contribution in [2.45, 2.75) is 47.2 Å². The van der Waals surface area contributed by atoms with E-state index in [0.29, 0.717) is 12.1 Å². The van der Waals surface area contributed by atoms with Gasteiger partial charge in [-0.3, -0.25) is 4.98 Å². The predicted molar refractivity (Wildman–Crippen MR) is 69.0 cm³/mol. The molecule has 0 amide bonds. The van der Waals surface area contributed by atoms with Crippen LogP contribution in [0.3, 0.4) is 0 Å². The van der Waals surface area contributed by atoms with Gasteiger partial charge in [0, 0.05) is 24.5 Å². The largest absolute Gasteiger partial charge is 0.302 e. The van der Waals surface area contributed by atoms with Gasteiger partial charge in [0.1, 0.15) is 0 Å². The Kier molecular flexibility index (Phi) is 10.6. The molecule has 0 aliphatic carbocycles. The maximum Gasteiger partial charge on any atom is 0.0267 e. The summed E-state index contributed by atoms with van der Waals surface area (Å²) in [5.41, 5.74) is 0. The molecule has 88 valence electrons. The maximum atomic E-state index is 3.78. The topological polar surface area (TPSA) is 16.1 Å². The van der Waals surface area contributed by atoms with E-state index in [1.54, 1.807) is 12.4 Å². The van der Waals surface area contributed by atoms with Crippen LogP contribution in [0.15, 0.2) is 30.6 Å². The number of hydrogen-bond acceptors (Lipinski definition) is 2. The van der Waals surface area contributed by atoms with Crippen molar-refractivity contribution in [3.05, 3.63) is 30.6 Å². The summed E-state index contributed by atoms with van der Waals surface area (Å²) in [4.78, 5) is 6.12. The van der Waals surface area contributed by atoms with Crippen LogP contribution in [0.1, 0.15) is 35.1 Å². The van der Waals surface area contributed by atoms with Gasteiger partial charge in [0.25, 0.3) is 0 Å². The third-order valence-electron chi connectivity index (χ3n) is 2.20. The molecule has 0 unspecified atom stereocenters. The Morgan fingerprint density at radius 1 is 0.867 bits per heavy atom. The number of hydrogen-bond donors (Lipinski definition) is 0. The van der Waals surface area contributed by atoms with Crippen molar-refractivity contribution in [2.24, 2.45) is 0 Å². The lowest BCUT2D eigenvalue weighted by atomic mass is 10.3. The molecule has 0 fully saturated rings. The lowest BCUT2D eigenvalue weighted by Crippen LogP contribution is -2.32. The number of nitrogens with zero attached hydrogens (tertiary/aromatic N) is 2. The van der Waals surface area contributed by atoms with Gasteiger partial charge in [0.2, 0.25) is 0 Å². The van der Waals surface area contributed by atoms with Crippen LogP contribution in [-0.2, 0) is 0 Å². The quantitative estimate of drug-likeness (QED) is 0.743. The molecule has 0 spiro atoms. The van der Waals surface area contributed by atoms with Gasteiger partial charge in [0.05, 0.1) is 0 Å². The van der Waals surface area contributed by atoms with Gasteiger partial charge >= 0.3 is 0 Å². The lowest BCUT2D eigenvalue weighted by Gasteiger charge is -2.24. The zero-order chi connectivity index (χ0) is 11.0. The molecular weight excluding hydrogens is 184 g/mol. The van der Waals surface area contributed by atoms with E-state index in [1.165, 1.54) is 0 Å². The first kappa shape index (κ1) is 16.5. The number of rotatable bonds is 2. The van der Waals surface area contributed by atoms with E-state index in [2.05, 4.69) is 44.6 Å². The molecule has 0 radical (unpaired) electrons. The summed E-state index contributed by atoms with van der Waals surface area (Å²) in [6, 6.07) is 7.07. The summed E-state index contributed by atoms with van der Waals surface area (Å²) in [5, 5.41) is 0. The molecule has 0 aromatic carbocycles. The second-order valence-electron chi connectivity index (χ2n) is 3.88. The zero-order valence-corrected chi connectivity index (χ0v) is 9.94. The van der Waals surface area contributed by atoms with Crippen LogP contribution in [0.5, 0.6) is 0 Å². The first-order valence-electron chi connectivity index (χ1n) is 5.12. The predicted octanol–water partition coefficient (Wildman–Crippen LogP) is 3.45. The fourth-order valence-corrected chi connectivity index (χ4v) is 0.909. The lowest BCUT2D eigenvalue weighted by molar-refractivity contribution is 0.222. The second-order valence-corrected chi connectivity index (χ2v) is 3.88. The minimum absolute atomic E-state index is 0. The Balaban J connectivity index is 0. The number of aromatic nitrogens is 1. The summed E-state index contributed by atoms with van der Waals surface area (Å²) in [7, 11) is 2.15. The van der Waals surface area contributed by atoms with Gasteiger partial charge in [-0.05, 0) is 46.9 Å². The van der Waals surface area contributed by atoms with Crippen molar-refractivity contribution in [1.29, 1.82) is 0 Å². The van der Waals surface area contributed by atoms with Crippen molar-refractivity contribution in [1.82, 2.24) is 9.88 Å². The van der Waals surface area contributed by atoms with Crippen molar-refractivity contribution in [2.75, 3.05) is 7.05 Å². The molecule has 1 rings (SSSR count). The summed E-state index contributed by atoms with van der Waals surface area (Å²) in [6.45, 7) is 8.83. The molecule has 2 heteroatoms. The van der Waals surface area contributed by atoms with Crippen molar-refractivity contribution in [3.63, 3.8) is 0 Å². The van der Waals surface area contributed by atoms with E-state index in [-0.39, 0.29) is 7.43 Å². The Labute approximate surface area is 95.3 Å². The molecule has 1 aromatic rings. The van der Waals surface area contributed by atoms with Gasteiger partial charge in [-0.25, -0.2) is 0 Å². The van der Waals surface area contributed by atoms with Crippen LogP contribution >= 0.6 is 0 Å². The molecule has 0 aliphatic heterocycles. The minimum atomic E-state index is 0. The molecule has 0 saturated heterocycles. The number of pyridine rings is 1. The monoisotopic (exact) mass is 210 g/mol. The normalized spacial score (nSPS) is 9.60. The third-order valence-corrected chi connectivity index (χ3v) is 2.20. The summed E-state index contributed by atoms with van der Waals surface area (Å²) in [6.07, 6.45) is 3.50. The Bertz CT molecular complexity index is 172. The van der Waals surface area contributed by atoms with Gasteiger partial charge < -0.3 is 4.90 Å². The summed E-state index contributed by atoms with van der Waals surface area (Å²) in [5.74, 6) is 0. The van der Waals surface area contributed by atoms with Gasteiger partial charge in [-0.2, -0.15) is 0 Å². The van der Waals surface area contributed by atoms with Crippen LogP contribution in [0.2, 0.25) is 0 Å². The van der Waals surface area contributed by atoms with Crippen LogP contribution in [0, 0.1) is 0 Å². The molecule has 0 saturated carbocycles. The van der Waals surface area contributed by atoms with E-state index < -0.39 is 0 Å². The van der Waals surface area contributed by atoms with E-state index in [9.17, 15) is 0 Å². The highest BCUT2D eigenvalue weighted by molar-refractivity contribution is 4.88. The Morgan fingerprint density at radius 3 is 1.33 bits per heavy atom. The van der Waals surface area contributed by atoms with Gasteiger partial charge in [-0.1, -0.05) is 13.5 Å². The summed E-state index contributed by atoms with van der Waals surface area (Å²) < 4.78 is 0. The van der Waals surface area contributed by atoms with Crippen LogP contribution in [0.25, 0.3) is 0 Å². The SMILES string of the molecule is C.CC(C)N(C)C(C)C.c1ccncc1. The molecule has 2 nitrogen and oxygen atoms in total. The molecule has 0 N–H and O–H groups in total. The smallest absolute Gasteiger partial charge is 0.0267 e. The average Bonchev–Trinajstić information content (AvgIpc) is 2.20. The van der Waals surface area contributed by atoms with Crippen LogP contribution < -0.4 is 0 Å².